The molecule has 12 heavy (non-hydrogen) atoms. The van der Waals surface area contributed by atoms with Gasteiger partial charge in [-0.3, -0.25) is 0 Å². The van der Waals surface area contributed by atoms with Gasteiger partial charge in [0.05, 0.1) is 0 Å². The van der Waals surface area contributed by atoms with E-state index in [0.717, 1.165) is 13.1 Å². The molecular formula is C9H16N2O. The molecule has 0 aromatic carbocycles. The van der Waals surface area contributed by atoms with Gasteiger partial charge in [-0.1, -0.05) is 13.3 Å². The Hall–Kier alpha value is -0.730. The summed E-state index contributed by atoms with van der Waals surface area (Å²) in [5.74, 6) is 0.703. The van der Waals surface area contributed by atoms with Crippen molar-refractivity contribution in [2.24, 2.45) is 5.92 Å². The molecular weight excluding hydrogens is 152 g/mol. The zero-order valence-electron chi connectivity index (χ0n) is 7.55. The number of nitrogens with one attached hydrogen (secondary N) is 1. The third-order valence-corrected chi connectivity index (χ3v) is 3.11. The molecule has 1 heterocycles. The van der Waals surface area contributed by atoms with Crippen molar-refractivity contribution in [2.75, 3.05) is 13.1 Å². The van der Waals surface area contributed by atoms with E-state index in [-0.39, 0.29) is 6.03 Å². The third-order valence-electron chi connectivity index (χ3n) is 3.11. The van der Waals surface area contributed by atoms with Crippen molar-refractivity contribution in [1.29, 1.82) is 0 Å². The number of carbonyl (C=O) groups excluding carboxylic acids is 1. The minimum Gasteiger partial charge on any atom is -0.336 e. The van der Waals surface area contributed by atoms with Gasteiger partial charge in [0.15, 0.2) is 0 Å². The van der Waals surface area contributed by atoms with Crippen LogP contribution in [0.25, 0.3) is 0 Å². The predicted molar refractivity (Wildman–Crippen MR) is 46.9 cm³/mol. The van der Waals surface area contributed by atoms with Crippen LogP contribution in [-0.2, 0) is 0 Å². The first-order valence-corrected chi connectivity index (χ1v) is 4.83. The highest BCUT2D eigenvalue weighted by Crippen LogP contribution is 2.29. The summed E-state index contributed by atoms with van der Waals surface area (Å²) >= 11 is 0. The van der Waals surface area contributed by atoms with E-state index in [2.05, 4.69) is 12.2 Å². The normalized spacial score (nSPS) is 35.8. The largest absolute Gasteiger partial charge is 0.336 e. The van der Waals surface area contributed by atoms with E-state index >= 15 is 0 Å². The number of nitrogens with zero attached hydrogens (tertiary/aromatic N) is 1. The molecule has 0 aromatic heterocycles. The van der Waals surface area contributed by atoms with Gasteiger partial charge < -0.3 is 10.2 Å². The Morgan fingerprint density at radius 1 is 1.50 bits per heavy atom. The summed E-state index contributed by atoms with van der Waals surface area (Å²) in [5, 5.41) is 2.85. The number of carbonyl (C=O) groups is 1. The molecule has 2 rings (SSSR count). The van der Waals surface area contributed by atoms with Crippen LogP contribution in [0.1, 0.15) is 26.2 Å². The molecule has 3 heteroatoms. The van der Waals surface area contributed by atoms with E-state index in [4.69, 9.17) is 0 Å². The summed E-state index contributed by atoms with van der Waals surface area (Å²) in [6.45, 7) is 4.00. The summed E-state index contributed by atoms with van der Waals surface area (Å²) < 4.78 is 0. The number of rotatable bonds is 1. The fourth-order valence-corrected chi connectivity index (χ4v) is 2.39. The highest BCUT2D eigenvalue weighted by atomic mass is 16.2. The van der Waals surface area contributed by atoms with Crippen LogP contribution in [0.2, 0.25) is 0 Å². The molecule has 0 aromatic rings. The van der Waals surface area contributed by atoms with E-state index in [1.807, 2.05) is 4.90 Å². The van der Waals surface area contributed by atoms with Crippen LogP contribution in [-0.4, -0.2) is 30.1 Å². The molecule has 1 aliphatic heterocycles. The summed E-state index contributed by atoms with van der Waals surface area (Å²) in [5.41, 5.74) is 0. The van der Waals surface area contributed by atoms with Gasteiger partial charge in [0.1, 0.15) is 0 Å². The first-order chi connectivity index (χ1) is 5.79. The second kappa shape index (κ2) is 2.96. The van der Waals surface area contributed by atoms with E-state index in [0.29, 0.717) is 12.0 Å². The van der Waals surface area contributed by atoms with Crippen molar-refractivity contribution in [3.63, 3.8) is 0 Å². The highest BCUT2D eigenvalue weighted by molar-refractivity contribution is 5.76. The highest BCUT2D eigenvalue weighted by Gasteiger charge is 2.33. The molecule has 2 aliphatic rings. The Morgan fingerprint density at radius 3 is 2.83 bits per heavy atom. The lowest BCUT2D eigenvalue weighted by Crippen LogP contribution is -2.39. The van der Waals surface area contributed by atoms with Crippen molar-refractivity contribution >= 4 is 6.03 Å². The fraction of sp³-hybridized carbons (Fsp3) is 0.889. The maximum Gasteiger partial charge on any atom is 0.317 e. The topological polar surface area (TPSA) is 32.3 Å². The van der Waals surface area contributed by atoms with Crippen LogP contribution in [0.15, 0.2) is 0 Å². The van der Waals surface area contributed by atoms with E-state index in [1.165, 1.54) is 19.3 Å². The number of hydrogen-bond acceptors (Lipinski definition) is 1. The zero-order valence-corrected chi connectivity index (χ0v) is 7.55. The molecule has 2 unspecified atom stereocenters. The lowest BCUT2D eigenvalue weighted by atomic mass is 10.1. The SMILES string of the molecule is CC1CCCC1N1CCNC1=O. The quantitative estimate of drug-likeness (QED) is 0.627. The van der Waals surface area contributed by atoms with Gasteiger partial charge in [-0.25, -0.2) is 4.79 Å². The van der Waals surface area contributed by atoms with E-state index in [9.17, 15) is 4.79 Å². The van der Waals surface area contributed by atoms with Crippen LogP contribution >= 0.6 is 0 Å². The minimum absolute atomic E-state index is 0.147. The molecule has 2 fully saturated rings. The van der Waals surface area contributed by atoms with Crippen molar-refractivity contribution in [1.82, 2.24) is 10.2 Å². The van der Waals surface area contributed by atoms with Gasteiger partial charge >= 0.3 is 6.03 Å². The molecule has 0 radical (unpaired) electrons. The average Bonchev–Trinajstić information content (AvgIpc) is 2.59. The molecule has 1 saturated carbocycles. The zero-order chi connectivity index (χ0) is 8.55. The molecule has 0 spiro atoms. The standard InChI is InChI=1S/C9H16N2O/c1-7-3-2-4-8(7)11-6-5-10-9(11)12/h7-8H,2-6H2,1H3,(H,10,12). The van der Waals surface area contributed by atoms with Gasteiger partial charge in [-0.15, -0.1) is 0 Å². The van der Waals surface area contributed by atoms with Crippen molar-refractivity contribution in [3.05, 3.63) is 0 Å². The first-order valence-electron chi connectivity index (χ1n) is 4.83. The van der Waals surface area contributed by atoms with Gasteiger partial charge in [0, 0.05) is 19.1 Å². The van der Waals surface area contributed by atoms with Crippen molar-refractivity contribution in [3.8, 4) is 0 Å². The fourth-order valence-electron chi connectivity index (χ4n) is 2.39. The Morgan fingerprint density at radius 2 is 2.33 bits per heavy atom. The van der Waals surface area contributed by atoms with E-state index in [1.54, 1.807) is 0 Å². The van der Waals surface area contributed by atoms with Crippen molar-refractivity contribution < 1.29 is 4.79 Å². The first kappa shape index (κ1) is 7.90. The summed E-state index contributed by atoms with van der Waals surface area (Å²) in [6, 6.07) is 0.668. The lowest BCUT2D eigenvalue weighted by molar-refractivity contribution is 0.185. The Bertz CT molecular complexity index is 193. The lowest BCUT2D eigenvalue weighted by Gasteiger charge is -2.25. The van der Waals surface area contributed by atoms with Crippen LogP contribution in [0, 0.1) is 5.92 Å². The number of amides is 2. The van der Waals surface area contributed by atoms with Gasteiger partial charge in [0.25, 0.3) is 0 Å². The summed E-state index contributed by atoms with van der Waals surface area (Å²) in [7, 11) is 0. The van der Waals surface area contributed by atoms with Gasteiger partial charge in [-0.05, 0) is 18.8 Å². The Balaban J connectivity index is 2.03. The number of urea groups is 1. The van der Waals surface area contributed by atoms with Gasteiger partial charge in [-0.2, -0.15) is 0 Å². The predicted octanol–water partition coefficient (Wildman–Crippen LogP) is 1.20. The Labute approximate surface area is 73.1 Å². The smallest absolute Gasteiger partial charge is 0.317 e. The van der Waals surface area contributed by atoms with Crippen LogP contribution in [0.4, 0.5) is 4.79 Å². The molecule has 3 nitrogen and oxygen atoms in total. The molecule has 1 N–H and O–H groups in total. The van der Waals surface area contributed by atoms with Gasteiger partial charge in [0.2, 0.25) is 0 Å². The van der Waals surface area contributed by atoms with Crippen LogP contribution in [0.3, 0.4) is 0 Å². The second-order valence-corrected chi connectivity index (χ2v) is 3.90. The molecule has 1 saturated heterocycles. The second-order valence-electron chi connectivity index (χ2n) is 3.90. The molecule has 1 aliphatic carbocycles. The molecule has 2 atom stereocenters. The third kappa shape index (κ3) is 1.17. The van der Waals surface area contributed by atoms with Crippen LogP contribution < -0.4 is 5.32 Å². The van der Waals surface area contributed by atoms with Crippen LogP contribution in [0.5, 0.6) is 0 Å². The number of hydrogen-bond donors (Lipinski definition) is 1. The Kier molecular flexibility index (Phi) is 1.95. The monoisotopic (exact) mass is 168 g/mol. The molecule has 0 bridgehead atoms. The maximum atomic E-state index is 11.3. The van der Waals surface area contributed by atoms with Crippen molar-refractivity contribution in [2.45, 2.75) is 32.2 Å². The summed E-state index contributed by atoms with van der Waals surface area (Å²) in [4.78, 5) is 13.3. The summed E-state index contributed by atoms with van der Waals surface area (Å²) in [6.07, 6.45) is 3.78. The minimum atomic E-state index is 0.147. The molecule has 2 amide bonds. The average molecular weight is 168 g/mol. The molecule has 68 valence electrons. The maximum absolute atomic E-state index is 11.3. The van der Waals surface area contributed by atoms with E-state index < -0.39 is 0 Å².